The molecule has 112 valence electrons. The summed E-state index contributed by atoms with van der Waals surface area (Å²) in [7, 11) is 0. The maximum Gasteiger partial charge on any atom is 0.419 e. The van der Waals surface area contributed by atoms with Crippen molar-refractivity contribution in [3.8, 4) is 0 Å². The summed E-state index contributed by atoms with van der Waals surface area (Å²) >= 11 is 6.05. The molecule has 0 aliphatic carbocycles. The molecule has 0 amide bonds. The van der Waals surface area contributed by atoms with Crippen molar-refractivity contribution in [3.63, 3.8) is 0 Å². The summed E-state index contributed by atoms with van der Waals surface area (Å²) < 4.78 is 51.4. The summed E-state index contributed by atoms with van der Waals surface area (Å²) in [6, 6.07) is 9.32. The molecule has 0 aliphatic heterocycles. The molecule has 2 rings (SSSR count). The van der Waals surface area contributed by atoms with Crippen LogP contribution in [0.3, 0.4) is 0 Å². The van der Waals surface area contributed by atoms with Crippen LogP contribution in [0.15, 0.2) is 42.5 Å². The van der Waals surface area contributed by atoms with Crippen molar-refractivity contribution in [2.45, 2.75) is 18.6 Å². The summed E-state index contributed by atoms with van der Waals surface area (Å²) in [6.45, 7) is 1.57. The molecule has 0 saturated heterocycles. The van der Waals surface area contributed by atoms with E-state index in [9.17, 15) is 17.6 Å². The highest BCUT2D eigenvalue weighted by atomic mass is 35.5. The average molecular weight is 318 g/mol. The Morgan fingerprint density at radius 1 is 1.00 bits per heavy atom. The van der Waals surface area contributed by atoms with Crippen LogP contribution in [0.5, 0.6) is 0 Å². The van der Waals surface area contributed by atoms with E-state index in [1.165, 1.54) is 0 Å². The Balaban J connectivity index is 2.52. The van der Waals surface area contributed by atoms with Crippen molar-refractivity contribution in [1.29, 1.82) is 0 Å². The predicted octanol–water partition coefficient (Wildman–Crippen LogP) is 4.72. The highest BCUT2D eigenvalue weighted by Crippen LogP contribution is 2.36. The van der Waals surface area contributed by atoms with Gasteiger partial charge in [-0.25, -0.2) is 4.39 Å². The van der Waals surface area contributed by atoms with E-state index >= 15 is 0 Å². The van der Waals surface area contributed by atoms with Gasteiger partial charge in [-0.1, -0.05) is 35.9 Å². The molecule has 0 fully saturated rings. The van der Waals surface area contributed by atoms with Crippen molar-refractivity contribution in [3.05, 3.63) is 70.0 Å². The van der Waals surface area contributed by atoms with Gasteiger partial charge in [0.2, 0.25) is 0 Å². The molecule has 2 aromatic rings. The van der Waals surface area contributed by atoms with E-state index in [4.69, 9.17) is 17.3 Å². The fraction of sp³-hybridized carbons (Fsp3) is 0.200. The molecule has 0 heterocycles. The monoisotopic (exact) mass is 317 g/mol. The molecule has 0 bridgehead atoms. The molecule has 0 spiro atoms. The second-order valence-electron chi connectivity index (χ2n) is 4.87. The lowest BCUT2D eigenvalue weighted by Crippen LogP contribution is -2.35. The van der Waals surface area contributed by atoms with Crippen molar-refractivity contribution in [1.82, 2.24) is 0 Å². The Morgan fingerprint density at radius 2 is 1.62 bits per heavy atom. The van der Waals surface area contributed by atoms with Gasteiger partial charge in [-0.05, 0) is 36.2 Å². The van der Waals surface area contributed by atoms with Crippen molar-refractivity contribution in [2.75, 3.05) is 0 Å². The lowest BCUT2D eigenvalue weighted by molar-refractivity contribution is -0.140. The first-order valence-corrected chi connectivity index (χ1v) is 6.43. The highest BCUT2D eigenvalue weighted by Gasteiger charge is 2.35. The molecule has 1 atom stereocenters. The Bertz CT molecular complexity index is 665. The van der Waals surface area contributed by atoms with Gasteiger partial charge in [0.25, 0.3) is 0 Å². The standard InChI is InChI=1S/C15H12ClF4N/c1-14(21,10-4-2-3-5-12(10)16)9-6-7-11(13(17)8-9)15(18,19)20/h2-8H,21H2,1H3. The van der Waals surface area contributed by atoms with Gasteiger partial charge in [-0.15, -0.1) is 0 Å². The number of hydrogen-bond donors (Lipinski definition) is 1. The molecule has 2 N–H and O–H groups in total. The minimum atomic E-state index is -4.74. The molecule has 6 heteroatoms. The molecule has 0 saturated carbocycles. The Labute approximate surface area is 124 Å². The number of halogens is 5. The normalized spacial score (nSPS) is 14.8. The van der Waals surface area contributed by atoms with Crippen LogP contribution < -0.4 is 5.73 Å². The molecule has 1 nitrogen and oxygen atoms in total. The van der Waals surface area contributed by atoms with E-state index < -0.39 is 23.1 Å². The van der Waals surface area contributed by atoms with E-state index in [-0.39, 0.29) is 5.56 Å². The first-order chi connectivity index (χ1) is 9.64. The molecule has 21 heavy (non-hydrogen) atoms. The first-order valence-electron chi connectivity index (χ1n) is 6.05. The Kier molecular flexibility index (Phi) is 4.00. The van der Waals surface area contributed by atoms with Gasteiger partial charge in [-0.3, -0.25) is 0 Å². The van der Waals surface area contributed by atoms with Crippen LogP contribution in [0.4, 0.5) is 17.6 Å². The second-order valence-corrected chi connectivity index (χ2v) is 5.28. The number of rotatable bonds is 2. The maximum atomic E-state index is 13.7. The molecule has 0 aliphatic rings. The summed E-state index contributed by atoms with van der Waals surface area (Å²) in [5, 5.41) is 0.364. The third kappa shape index (κ3) is 3.04. The number of benzene rings is 2. The van der Waals surface area contributed by atoms with E-state index in [0.717, 1.165) is 12.1 Å². The lowest BCUT2D eigenvalue weighted by Gasteiger charge is -2.27. The molecular weight excluding hydrogens is 306 g/mol. The third-order valence-electron chi connectivity index (χ3n) is 3.31. The van der Waals surface area contributed by atoms with Crippen LogP contribution in [0.2, 0.25) is 5.02 Å². The van der Waals surface area contributed by atoms with Gasteiger partial charge < -0.3 is 5.73 Å². The van der Waals surface area contributed by atoms with Crippen LogP contribution in [0, 0.1) is 5.82 Å². The Hall–Kier alpha value is -1.59. The number of alkyl halides is 3. The second kappa shape index (κ2) is 5.31. The van der Waals surface area contributed by atoms with Gasteiger partial charge in [-0.2, -0.15) is 13.2 Å². The number of hydrogen-bond acceptors (Lipinski definition) is 1. The van der Waals surface area contributed by atoms with Gasteiger partial charge in [0.1, 0.15) is 5.82 Å². The van der Waals surface area contributed by atoms with E-state index in [2.05, 4.69) is 0 Å². The van der Waals surface area contributed by atoms with Crippen LogP contribution in [-0.4, -0.2) is 0 Å². The summed E-state index contributed by atoms with van der Waals surface area (Å²) in [5.41, 5.74) is 4.35. The molecular formula is C15H12ClF4N. The van der Waals surface area contributed by atoms with Gasteiger partial charge in [0.05, 0.1) is 11.1 Å². The van der Waals surface area contributed by atoms with E-state index in [0.29, 0.717) is 16.7 Å². The maximum absolute atomic E-state index is 13.7. The predicted molar refractivity (Wildman–Crippen MR) is 73.5 cm³/mol. The van der Waals surface area contributed by atoms with Gasteiger partial charge in [0.15, 0.2) is 0 Å². The molecule has 2 aromatic carbocycles. The zero-order valence-electron chi connectivity index (χ0n) is 11.0. The third-order valence-corrected chi connectivity index (χ3v) is 3.64. The zero-order valence-corrected chi connectivity index (χ0v) is 11.8. The van der Waals surface area contributed by atoms with Crippen LogP contribution in [0.25, 0.3) is 0 Å². The van der Waals surface area contributed by atoms with Crippen LogP contribution in [-0.2, 0) is 11.7 Å². The largest absolute Gasteiger partial charge is 0.419 e. The van der Waals surface area contributed by atoms with Gasteiger partial charge >= 0.3 is 6.18 Å². The topological polar surface area (TPSA) is 26.0 Å². The zero-order chi connectivity index (χ0) is 15.8. The smallest absolute Gasteiger partial charge is 0.318 e. The van der Waals surface area contributed by atoms with Crippen molar-refractivity contribution < 1.29 is 17.6 Å². The minimum absolute atomic E-state index is 0.209. The molecule has 1 unspecified atom stereocenters. The summed E-state index contributed by atoms with van der Waals surface area (Å²) in [4.78, 5) is 0. The van der Waals surface area contributed by atoms with Gasteiger partial charge in [0, 0.05) is 5.02 Å². The Morgan fingerprint density at radius 3 is 2.14 bits per heavy atom. The SMILES string of the molecule is CC(N)(c1ccc(C(F)(F)F)c(F)c1)c1ccccc1Cl. The average Bonchev–Trinajstić information content (AvgIpc) is 2.37. The molecule has 0 radical (unpaired) electrons. The summed E-state index contributed by atoms with van der Waals surface area (Å²) in [5.74, 6) is -1.36. The van der Waals surface area contributed by atoms with E-state index in [1.54, 1.807) is 31.2 Å². The van der Waals surface area contributed by atoms with Crippen molar-refractivity contribution >= 4 is 11.6 Å². The quantitative estimate of drug-likeness (QED) is 0.797. The van der Waals surface area contributed by atoms with Crippen molar-refractivity contribution in [2.24, 2.45) is 5.73 Å². The fourth-order valence-electron chi connectivity index (χ4n) is 2.11. The molecule has 0 aromatic heterocycles. The number of nitrogens with two attached hydrogens (primary N) is 1. The lowest BCUT2D eigenvalue weighted by atomic mass is 9.85. The fourth-order valence-corrected chi connectivity index (χ4v) is 2.44. The van der Waals surface area contributed by atoms with Crippen LogP contribution >= 0.6 is 11.6 Å². The van der Waals surface area contributed by atoms with Crippen LogP contribution in [0.1, 0.15) is 23.6 Å². The summed E-state index contributed by atoms with van der Waals surface area (Å²) in [6.07, 6.45) is -4.74. The highest BCUT2D eigenvalue weighted by molar-refractivity contribution is 6.31. The minimum Gasteiger partial charge on any atom is -0.318 e. The van der Waals surface area contributed by atoms with E-state index in [1.807, 2.05) is 0 Å². The first kappa shape index (κ1) is 15.8.